The van der Waals surface area contributed by atoms with Crippen LogP contribution in [0.1, 0.15) is 23.1 Å². The molecule has 0 saturated carbocycles. The van der Waals surface area contributed by atoms with E-state index < -0.39 is 28.7 Å². The van der Waals surface area contributed by atoms with Crippen LogP contribution >= 0.6 is 0 Å². The van der Waals surface area contributed by atoms with E-state index >= 15 is 0 Å². The van der Waals surface area contributed by atoms with E-state index in [1.165, 1.54) is 36.4 Å². The largest absolute Gasteiger partial charge is 0.432 e. The van der Waals surface area contributed by atoms with Crippen molar-refractivity contribution in [3.05, 3.63) is 69.8 Å². The third-order valence-corrected chi connectivity index (χ3v) is 3.63. The second kappa shape index (κ2) is 5.03. The van der Waals surface area contributed by atoms with Gasteiger partial charge >= 0.3 is 6.11 Å². The van der Waals surface area contributed by atoms with Gasteiger partial charge in [-0.05, 0) is 6.07 Å². The highest BCUT2D eigenvalue weighted by Crippen LogP contribution is 2.51. The minimum atomic E-state index is -3.76. The number of ether oxygens (including phenoxy) is 1. The first-order valence-electron chi connectivity index (χ1n) is 6.49. The summed E-state index contributed by atoms with van der Waals surface area (Å²) >= 11 is 0. The summed E-state index contributed by atoms with van der Waals surface area (Å²) < 4.78 is 33.3. The maximum atomic E-state index is 14.3. The smallest absolute Gasteiger partial charge is 0.408 e. The van der Waals surface area contributed by atoms with Crippen molar-refractivity contribution in [3.63, 3.8) is 0 Å². The van der Waals surface area contributed by atoms with Crippen LogP contribution in [0.4, 0.5) is 14.5 Å². The average molecular weight is 307 g/mol. The molecule has 0 fully saturated rings. The van der Waals surface area contributed by atoms with Crippen molar-refractivity contribution in [1.82, 2.24) is 0 Å². The van der Waals surface area contributed by atoms with Crippen molar-refractivity contribution in [1.29, 1.82) is 0 Å². The summed E-state index contributed by atoms with van der Waals surface area (Å²) in [7, 11) is 0. The third kappa shape index (κ3) is 2.19. The predicted molar refractivity (Wildman–Crippen MR) is 72.8 cm³/mol. The van der Waals surface area contributed by atoms with Crippen molar-refractivity contribution in [3.8, 4) is 5.75 Å². The van der Waals surface area contributed by atoms with E-state index in [0.717, 1.165) is 6.07 Å². The van der Waals surface area contributed by atoms with Gasteiger partial charge in [0.1, 0.15) is 11.7 Å². The molecule has 5 nitrogen and oxygen atoms in total. The van der Waals surface area contributed by atoms with Crippen molar-refractivity contribution < 1.29 is 23.5 Å². The topological polar surface area (TPSA) is 72.6 Å². The molecule has 2 atom stereocenters. The number of benzene rings is 2. The number of nitrogens with zero attached hydrogens (tertiary/aromatic N) is 1. The van der Waals surface area contributed by atoms with Gasteiger partial charge in [-0.15, -0.1) is 0 Å². The number of aliphatic hydroxyl groups is 1. The van der Waals surface area contributed by atoms with Crippen LogP contribution in [-0.2, 0) is 0 Å². The maximum Gasteiger partial charge on any atom is 0.408 e. The number of nitro benzene ring substituents is 1. The summed E-state index contributed by atoms with van der Waals surface area (Å²) in [5, 5.41) is 21.4. The number of aliphatic hydroxyl groups excluding tert-OH is 1. The lowest BCUT2D eigenvalue weighted by molar-refractivity contribution is -0.386. The molecule has 22 heavy (non-hydrogen) atoms. The molecule has 0 spiro atoms. The fraction of sp³-hybridized carbons (Fsp3) is 0.200. The number of alkyl halides is 2. The first-order valence-corrected chi connectivity index (χ1v) is 6.49. The zero-order chi connectivity index (χ0) is 15.9. The minimum absolute atomic E-state index is 0.130. The van der Waals surface area contributed by atoms with Crippen molar-refractivity contribution in [2.24, 2.45) is 0 Å². The molecule has 0 aliphatic carbocycles. The fourth-order valence-electron chi connectivity index (χ4n) is 2.66. The second-order valence-electron chi connectivity index (χ2n) is 4.94. The first-order chi connectivity index (χ1) is 10.4. The number of fused-ring (bicyclic) bond motifs is 1. The van der Waals surface area contributed by atoms with Gasteiger partial charge in [-0.2, -0.15) is 8.78 Å². The lowest BCUT2D eigenvalue weighted by Gasteiger charge is -2.36. The Hall–Kier alpha value is -2.54. The highest BCUT2D eigenvalue weighted by molar-refractivity contribution is 5.48. The molecule has 2 aromatic rings. The molecule has 0 bridgehead atoms. The van der Waals surface area contributed by atoms with Crippen molar-refractivity contribution in [2.45, 2.75) is 18.1 Å². The monoisotopic (exact) mass is 307 g/mol. The zero-order valence-corrected chi connectivity index (χ0v) is 11.1. The molecule has 114 valence electrons. The summed E-state index contributed by atoms with van der Waals surface area (Å²) in [5.74, 6) is -1.99. The molecule has 0 unspecified atom stereocenters. The Morgan fingerprint density at radius 2 is 1.68 bits per heavy atom. The minimum Gasteiger partial charge on any atom is -0.432 e. The van der Waals surface area contributed by atoms with Gasteiger partial charge in [0.2, 0.25) is 0 Å². The number of halogens is 2. The molecule has 0 radical (unpaired) electrons. The molecule has 7 heteroatoms. The van der Waals surface area contributed by atoms with Crippen LogP contribution in [0.25, 0.3) is 0 Å². The highest BCUT2D eigenvalue weighted by Gasteiger charge is 2.54. The van der Waals surface area contributed by atoms with Crippen LogP contribution in [0, 0.1) is 10.1 Å². The molecule has 1 heterocycles. The van der Waals surface area contributed by atoms with Crippen molar-refractivity contribution in [2.75, 3.05) is 0 Å². The van der Waals surface area contributed by atoms with Crippen LogP contribution < -0.4 is 4.74 Å². The fourth-order valence-corrected chi connectivity index (χ4v) is 2.66. The van der Waals surface area contributed by atoms with E-state index in [9.17, 15) is 24.0 Å². The van der Waals surface area contributed by atoms with Crippen LogP contribution in [-0.4, -0.2) is 16.1 Å². The number of para-hydroxylation sites is 2. The maximum absolute atomic E-state index is 14.3. The van der Waals surface area contributed by atoms with Crippen LogP contribution in [0.5, 0.6) is 5.75 Å². The SMILES string of the molecule is O=[N+]([O-])c1ccccc1[C@@H]1[C@H](O)c2ccccc2OC1(F)F. The van der Waals surface area contributed by atoms with E-state index in [2.05, 4.69) is 4.74 Å². The summed E-state index contributed by atoms with van der Waals surface area (Å²) in [4.78, 5) is 10.3. The summed E-state index contributed by atoms with van der Waals surface area (Å²) in [6, 6.07) is 11.0. The predicted octanol–water partition coefficient (Wildman–Crippen LogP) is 3.40. The molecule has 2 aromatic carbocycles. The molecule has 1 aliphatic rings. The zero-order valence-electron chi connectivity index (χ0n) is 11.1. The quantitative estimate of drug-likeness (QED) is 0.682. The summed E-state index contributed by atoms with van der Waals surface area (Å²) in [5.41, 5.74) is -0.565. The van der Waals surface area contributed by atoms with E-state index in [0.29, 0.717) is 0 Å². The highest BCUT2D eigenvalue weighted by atomic mass is 19.3. The van der Waals surface area contributed by atoms with Gasteiger partial charge in [-0.25, -0.2) is 0 Å². The van der Waals surface area contributed by atoms with Gasteiger partial charge in [0.25, 0.3) is 5.69 Å². The molecular weight excluding hydrogens is 296 g/mol. The van der Waals surface area contributed by atoms with E-state index in [-0.39, 0.29) is 16.9 Å². The lowest BCUT2D eigenvalue weighted by Crippen LogP contribution is -2.40. The van der Waals surface area contributed by atoms with E-state index in [1.807, 2.05) is 0 Å². The Morgan fingerprint density at radius 3 is 2.36 bits per heavy atom. The van der Waals surface area contributed by atoms with Gasteiger partial charge in [-0.3, -0.25) is 10.1 Å². The lowest BCUT2D eigenvalue weighted by atomic mass is 9.85. The molecule has 0 saturated heterocycles. The van der Waals surface area contributed by atoms with E-state index in [4.69, 9.17) is 0 Å². The number of rotatable bonds is 2. The summed E-state index contributed by atoms with van der Waals surface area (Å²) in [6.45, 7) is 0. The standard InChI is InChI=1S/C15H11F2NO4/c16-15(17)13(9-5-1-3-7-11(9)18(20)21)14(19)10-6-2-4-8-12(10)22-15/h1-8,13-14,19H/t13-,14-/m1/s1. The van der Waals surface area contributed by atoms with Crippen LogP contribution in [0.2, 0.25) is 0 Å². The number of hydrogen-bond donors (Lipinski definition) is 1. The van der Waals surface area contributed by atoms with Crippen LogP contribution in [0.15, 0.2) is 48.5 Å². The Bertz CT molecular complexity index is 735. The van der Waals surface area contributed by atoms with Crippen molar-refractivity contribution >= 4 is 5.69 Å². The van der Waals surface area contributed by atoms with Gasteiger partial charge < -0.3 is 9.84 Å². The van der Waals surface area contributed by atoms with Gasteiger partial charge in [0.05, 0.1) is 11.0 Å². The molecule has 0 amide bonds. The Labute approximate surface area is 123 Å². The Morgan fingerprint density at radius 1 is 1.09 bits per heavy atom. The molecule has 1 N–H and O–H groups in total. The molecule has 3 rings (SSSR count). The molecule has 1 aliphatic heterocycles. The molecule has 0 aromatic heterocycles. The molecular formula is C15H11F2NO4. The first kappa shape index (κ1) is 14.4. The number of nitro groups is 1. The van der Waals surface area contributed by atoms with Crippen LogP contribution in [0.3, 0.4) is 0 Å². The third-order valence-electron chi connectivity index (χ3n) is 3.63. The number of hydrogen-bond acceptors (Lipinski definition) is 4. The Kier molecular flexibility index (Phi) is 3.29. The summed E-state index contributed by atoms with van der Waals surface area (Å²) in [6.07, 6.45) is -5.37. The van der Waals surface area contributed by atoms with Gasteiger partial charge in [0.15, 0.2) is 0 Å². The Balaban J connectivity index is 2.17. The second-order valence-corrected chi connectivity index (χ2v) is 4.94. The van der Waals surface area contributed by atoms with Gasteiger partial charge in [-0.1, -0.05) is 36.4 Å². The normalized spacial score (nSPS) is 22.5. The van der Waals surface area contributed by atoms with Gasteiger partial charge in [0, 0.05) is 17.2 Å². The van der Waals surface area contributed by atoms with E-state index in [1.54, 1.807) is 6.07 Å². The average Bonchev–Trinajstić information content (AvgIpc) is 2.46.